The lowest BCUT2D eigenvalue weighted by molar-refractivity contribution is 0.720. The lowest BCUT2D eigenvalue weighted by Gasteiger charge is -2.20. The van der Waals surface area contributed by atoms with Gasteiger partial charge in [0.2, 0.25) is 0 Å². The molecular weight excluding hydrogens is 268 g/mol. The van der Waals surface area contributed by atoms with E-state index < -0.39 is 0 Å². The summed E-state index contributed by atoms with van der Waals surface area (Å²) in [6.07, 6.45) is 1.76. The third kappa shape index (κ3) is 5.57. The molecule has 0 aliphatic heterocycles. The standard InChI is InChI=1S/C15H24N4S/c1-5-19(6-2)14-9-7-13(8-10-14)11-16-18-15(20)17-12(3)4/h7-12H,5-6H2,1-4H3,(H2,17,18,20). The number of benzene rings is 1. The molecule has 1 aromatic carbocycles. The first-order valence-electron chi connectivity index (χ1n) is 7.01. The quantitative estimate of drug-likeness (QED) is 0.480. The van der Waals surface area contributed by atoms with Gasteiger partial charge >= 0.3 is 0 Å². The van der Waals surface area contributed by atoms with Gasteiger partial charge in [-0.2, -0.15) is 5.10 Å². The zero-order valence-corrected chi connectivity index (χ0v) is 13.5. The molecule has 4 nitrogen and oxygen atoms in total. The second-order valence-electron chi connectivity index (χ2n) is 4.76. The molecule has 0 spiro atoms. The van der Waals surface area contributed by atoms with E-state index in [4.69, 9.17) is 12.2 Å². The summed E-state index contributed by atoms with van der Waals surface area (Å²) in [5.41, 5.74) is 5.08. The van der Waals surface area contributed by atoms with Gasteiger partial charge in [-0.05, 0) is 57.6 Å². The first-order chi connectivity index (χ1) is 9.56. The number of nitrogens with one attached hydrogen (secondary N) is 2. The molecule has 0 fully saturated rings. The first kappa shape index (κ1) is 16.4. The van der Waals surface area contributed by atoms with E-state index in [1.807, 2.05) is 13.8 Å². The van der Waals surface area contributed by atoms with Crippen molar-refractivity contribution in [1.29, 1.82) is 0 Å². The molecule has 20 heavy (non-hydrogen) atoms. The van der Waals surface area contributed by atoms with Crippen LogP contribution in [0.1, 0.15) is 33.3 Å². The molecule has 0 unspecified atom stereocenters. The van der Waals surface area contributed by atoms with Crippen molar-refractivity contribution in [3.05, 3.63) is 29.8 Å². The molecule has 0 amide bonds. The summed E-state index contributed by atoms with van der Waals surface area (Å²) in [4.78, 5) is 2.31. The Kier molecular flexibility index (Phi) is 7.01. The van der Waals surface area contributed by atoms with Crippen LogP contribution in [0, 0.1) is 0 Å². The van der Waals surface area contributed by atoms with Crippen LogP contribution in [0.15, 0.2) is 29.4 Å². The highest BCUT2D eigenvalue weighted by molar-refractivity contribution is 7.80. The van der Waals surface area contributed by atoms with Crippen molar-refractivity contribution >= 4 is 29.2 Å². The minimum absolute atomic E-state index is 0.304. The summed E-state index contributed by atoms with van der Waals surface area (Å²) in [5, 5.41) is 7.72. The fourth-order valence-corrected chi connectivity index (χ4v) is 2.11. The number of hydrogen-bond donors (Lipinski definition) is 2. The van der Waals surface area contributed by atoms with E-state index in [0.29, 0.717) is 11.2 Å². The summed E-state index contributed by atoms with van der Waals surface area (Å²) in [7, 11) is 0. The topological polar surface area (TPSA) is 39.7 Å². The smallest absolute Gasteiger partial charge is 0.187 e. The monoisotopic (exact) mass is 292 g/mol. The Hall–Kier alpha value is -1.62. The van der Waals surface area contributed by atoms with E-state index in [1.54, 1.807) is 6.21 Å². The third-order valence-corrected chi connectivity index (χ3v) is 3.03. The van der Waals surface area contributed by atoms with E-state index in [-0.39, 0.29) is 0 Å². The van der Waals surface area contributed by atoms with Crippen molar-refractivity contribution in [1.82, 2.24) is 10.7 Å². The van der Waals surface area contributed by atoms with E-state index in [9.17, 15) is 0 Å². The Balaban J connectivity index is 2.55. The molecule has 0 aliphatic carbocycles. The molecule has 0 aromatic heterocycles. The van der Waals surface area contributed by atoms with Crippen LogP contribution in [0.3, 0.4) is 0 Å². The van der Waals surface area contributed by atoms with E-state index in [2.05, 4.69) is 58.9 Å². The largest absolute Gasteiger partial charge is 0.372 e. The Morgan fingerprint density at radius 1 is 1.25 bits per heavy atom. The van der Waals surface area contributed by atoms with Crippen molar-refractivity contribution in [3.8, 4) is 0 Å². The average molecular weight is 292 g/mol. The van der Waals surface area contributed by atoms with Gasteiger partial charge in [0.25, 0.3) is 0 Å². The zero-order valence-electron chi connectivity index (χ0n) is 12.7. The van der Waals surface area contributed by atoms with Gasteiger partial charge in [0.15, 0.2) is 5.11 Å². The van der Waals surface area contributed by atoms with Crippen LogP contribution in [0.4, 0.5) is 5.69 Å². The molecular formula is C15H24N4S. The summed E-state index contributed by atoms with van der Waals surface area (Å²) >= 11 is 5.09. The number of thiocarbonyl (C=S) groups is 1. The van der Waals surface area contributed by atoms with Crippen LogP contribution in [0.5, 0.6) is 0 Å². The molecule has 110 valence electrons. The van der Waals surface area contributed by atoms with E-state index >= 15 is 0 Å². The molecule has 0 atom stereocenters. The molecule has 0 radical (unpaired) electrons. The summed E-state index contributed by atoms with van der Waals surface area (Å²) < 4.78 is 0. The minimum Gasteiger partial charge on any atom is -0.372 e. The van der Waals surface area contributed by atoms with Gasteiger partial charge < -0.3 is 10.2 Å². The van der Waals surface area contributed by atoms with Gasteiger partial charge in [0.1, 0.15) is 0 Å². The molecule has 2 N–H and O–H groups in total. The molecule has 0 aliphatic rings. The number of hydrazone groups is 1. The Morgan fingerprint density at radius 2 is 1.85 bits per heavy atom. The average Bonchev–Trinajstić information content (AvgIpc) is 2.41. The number of hydrogen-bond acceptors (Lipinski definition) is 3. The highest BCUT2D eigenvalue weighted by atomic mass is 32.1. The van der Waals surface area contributed by atoms with E-state index in [0.717, 1.165) is 18.7 Å². The van der Waals surface area contributed by atoms with Crippen LogP contribution >= 0.6 is 12.2 Å². The second kappa shape index (κ2) is 8.53. The molecule has 0 bridgehead atoms. The van der Waals surface area contributed by atoms with Crippen LogP contribution in [-0.4, -0.2) is 30.5 Å². The summed E-state index contributed by atoms with van der Waals surface area (Å²) in [6, 6.07) is 8.63. The van der Waals surface area contributed by atoms with Crippen molar-refractivity contribution in [2.45, 2.75) is 33.7 Å². The van der Waals surface area contributed by atoms with Gasteiger partial charge in [0.05, 0.1) is 6.21 Å². The Morgan fingerprint density at radius 3 is 2.35 bits per heavy atom. The lowest BCUT2D eigenvalue weighted by atomic mass is 10.2. The summed E-state index contributed by atoms with van der Waals surface area (Å²) in [6.45, 7) is 10.4. The Labute approximate surface area is 127 Å². The molecule has 1 aromatic rings. The van der Waals surface area contributed by atoms with Crippen molar-refractivity contribution in [2.75, 3.05) is 18.0 Å². The molecule has 1 rings (SSSR count). The second-order valence-corrected chi connectivity index (χ2v) is 5.17. The van der Waals surface area contributed by atoms with Crippen LogP contribution < -0.4 is 15.6 Å². The first-order valence-corrected chi connectivity index (χ1v) is 7.42. The van der Waals surface area contributed by atoms with Gasteiger partial charge in [-0.3, -0.25) is 5.43 Å². The fourth-order valence-electron chi connectivity index (χ4n) is 1.82. The fraction of sp³-hybridized carbons (Fsp3) is 0.467. The maximum absolute atomic E-state index is 5.09. The minimum atomic E-state index is 0.304. The third-order valence-electron chi connectivity index (χ3n) is 2.82. The molecule has 0 saturated carbocycles. The summed E-state index contributed by atoms with van der Waals surface area (Å²) in [5.74, 6) is 0. The highest BCUT2D eigenvalue weighted by Gasteiger charge is 2.00. The van der Waals surface area contributed by atoms with Gasteiger partial charge in [-0.15, -0.1) is 0 Å². The van der Waals surface area contributed by atoms with Crippen molar-refractivity contribution in [3.63, 3.8) is 0 Å². The number of nitrogens with zero attached hydrogens (tertiary/aromatic N) is 2. The maximum atomic E-state index is 5.09. The molecule has 0 heterocycles. The normalized spacial score (nSPS) is 10.8. The predicted octanol–water partition coefficient (Wildman–Crippen LogP) is 2.74. The highest BCUT2D eigenvalue weighted by Crippen LogP contribution is 2.13. The van der Waals surface area contributed by atoms with Gasteiger partial charge in [-0.1, -0.05) is 12.1 Å². The predicted molar refractivity (Wildman–Crippen MR) is 91.6 cm³/mol. The Bertz CT molecular complexity index is 436. The molecule has 5 heteroatoms. The van der Waals surface area contributed by atoms with E-state index in [1.165, 1.54) is 5.69 Å². The van der Waals surface area contributed by atoms with Crippen molar-refractivity contribution < 1.29 is 0 Å². The van der Waals surface area contributed by atoms with Gasteiger partial charge in [-0.25, -0.2) is 0 Å². The number of rotatable bonds is 6. The lowest BCUT2D eigenvalue weighted by Crippen LogP contribution is -2.36. The zero-order chi connectivity index (χ0) is 15.0. The van der Waals surface area contributed by atoms with Gasteiger partial charge in [0, 0.05) is 24.8 Å². The van der Waals surface area contributed by atoms with Crippen LogP contribution in [0.25, 0.3) is 0 Å². The van der Waals surface area contributed by atoms with Crippen LogP contribution in [0.2, 0.25) is 0 Å². The van der Waals surface area contributed by atoms with Crippen molar-refractivity contribution in [2.24, 2.45) is 5.10 Å². The van der Waals surface area contributed by atoms with Crippen LogP contribution in [-0.2, 0) is 0 Å². The number of anilines is 1. The molecule has 0 saturated heterocycles. The maximum Gasteiger partial charge on any atom is 0.187 e. The SMILES string of the molecule is CCN(CC)c1ccc(C=NNC(=S)NC(C)C)cc1.